The molecule has 0 aromatic heterocycles. The minimum atomic E-state index is -0.549. The van der Waals surface area contributed by atoms with E-state index in [9.17, 15) is 14.0 Å². The van der Waals surface area contributed by atoms with E-state index in [4.69, 9.17) is 4.74 Å². The zero-order valence-corrected chi connectivity index (χ0v) is 14.1. The first-order valence-electron chi connectivity index (χ1n) is 7.41. The lowest BCUT2D eigenvalue weighted by atomic mass is 10.1. The summed E-state index contributed by atoms with van der Waals surface area (Å²) in [5.74, 6) is -1.26. The molecular formula is C18H18FNO3S. The van der Waals surface area contributed by atoms with Crippen LogP contribution >= 0.6 is 11.8 Å². The van der Waals surface area contributed by atoms with Gasteiger partial charge in [-0.25, -0.2) is 9.18 Å². The quantitative estimate of drug-likeness (QED) is 0.618. The second kappa shape index (κ2) is 9.08. The van der Waals surface area contributed by atoms with Gasteiger partial charge in [-0.05, 0) is 48.6 Å². The predicted octanol–water partition coefficient (Wildman–Crippen LogP) is 3.06. The maximum absolute atomic E-state index is 13.4. The number of hydrogen-bond acceptors (Lipinski definition) is 4. The molecule has 0 aliphatic rings. The lowest BCUT2D eigenvalue weighted by molar-refractivity contribution is -0.124. The van der Waals surface area contributed by atoms with Crippen molar-refractivity contribution in [3.8, 4) is 0 Å². The van der Waals surface area contributed by atoms with Crippen LogP contribution < -0.4 is 5.32 Å². The van der Waals surface area contributed by atoms with Crippen LogP contribution in [0.25, 0.3) is 0 Å². The molecule has 0 saturated carbocycles. The Morgan fingerprint density at radius 1 is 1.12 bits per heavy atom. The Bertz CT molecular complexity index is 704. The summed E-state index contributed by atoms with van der Waals surface area (Å²) in [5.41, 5.74) is 0.927. The molecule has 1 amide bonds. The summed E-state index contributed by atoms with van der Waals surface area (Å²) in [5, 5.41) is 2.60. The third-order valence-corrected chi connectivity index (χ3v) is 4.08. The van der Waals surface area contributed by atoms with Crippen LogP contribution in [0.3, 0.4) is 0 Å². The number of benzene rings is 2. The van der Waals surface area contributed by atoms with Crippen LogP contribution in [0.5, 0.6) is 0 Å². The second-order valence-electron chi connectivity index (χ2n) is 5.00. The van der Waals surface area contributed by atoms with Gasteiger partial charge in [0.25, 0.3) is 5.91 Å². The minimum absolute atomic E-state index is 0.278. The van der Waals surface area contributed by atoms with Gasteiger partial charge in [-0.2, -0.15) is 0 Å². The van der Waals surface area contributed by atoms with E-state index in [1.165, 1.54) is 6.07 Å². The summed E-state index contributed by atoms with van der Waals surface area (Å²) in [7, 11) is 0. The highest BCUT2D eigenvalue weighted by molar-refractivity contribution is 7.98. The van der Waals surface area contributed by atoms with Crippen molar-refractivity contribution >= 4 is 23.6 Å². The fourth-order valence-electron chi connectivity index (χ4n) is 2.03. The van der Waals surface area contributed by atoms with Crippen molar-refractivity contribution in [1.82, 2.24) is 5.32 Å². The molecule has 0 unspecified atom stereocenters. The Morgan fingerprint density at radius 2 is 1.83 bits per heavy atom. The van der Waals surface area contributed by atoms with E-state index < -0.39 is 11.9 Å². The molecule has 0 fully saturated rings. The molecule has 0 aliphatic heterocycles. The van der Waals surface area contributed by atoms with E-state index in [2.05, 4.69) is 5.32 Å². The number of carbonyl (C=O) groups excluding carboxylic acids is 2. The first-order chi connectivity index (χ1) is 11.6. The van der Waals surface area contributed by atoms with Gasteiger partial charge in [0.1, 0.15) is 5.82 Å². The van der Waals surface area contributed by atoms with Crippen LogP contribution in [0.2, 0.25) is 0 Å². The average molecular weight is 347 g/mol. The number of esters is 1. The van der Waals surface area contributed by atoms with Gasteiger partial charge < -0.3 is 10.1 Å². The summed E-state index contributed by atoms with van der Waals surface area (Å²) in [6.45, 7) is -0.0832. The van der Waals surface area contributed by atoms with Crippen molar-refractivity contribution in [2.75, 3.05) is 19.4 Å². The SMILES string of the molecule is CSc1ccc(C(=O)OCC(=O)NCCc2ccccc2F)cc1. The molecule has 126 valence electrons. The molecule has 0 bridgehead atoms. The normalized spacial score (nSPS) is 10.2. The molecule has 0 atom stereocenters. The molecule has 0 saturated heterocycles. The highest BCUT2D eigenvalue weighted by Gasteiger charge is 2.10. The lowest BCUT2D eigenvalue weighted by Crippen LogP contribution is -2.30. The summed E-state index contributed by atoms with van der Waals surface area (Å²) in [4.78, 5) is 24.5. The van der Waals surface area contributed by atoms with Gasteiger partial charge in [0.15, 0.2) is 6.61 Å². The monoisotopic (exact) mass is 347 g/mol. The van der Waals surface area contributed by atoms with Gasteiger partial charge in [-0.15, -0.1) is 11.8 Å². The van der Waals surface area contributed by atoms with Crippen molar-refractivity contribution in [2.45, 2.75) is 11.3 Å². The Morgan fingerprint density at radius 3 is 2.50 bits per heavy atom. The Hall–Kier alpha value is -2.34. The second-order valence-corrected chi connectivity index (χ2v) is 5.88. The Kier molecular flexibility index (Phi) is 6.81. The van der Waals surface area contributed by atoms with E-state index in [0.717, 1.165) is 4.90 Å². The molecule has 0 heterocycles. The number of carbonyl (C=O) groups is 2. The van der Waals surface area contributed by atoms with E-state index in [-0.39, 0.29) is 19.0 Å². The molecule has 24 heavy (non-hydrogen) atoms. The maximum Gasteiger partial charge on any atom is 0.338 e. The molecule has 2 aromatic rings. The lowest BCUT2D eigenvalue weighted by Gasteiger charge is -2.07. The van der Waals surface area contributed by atoms with Crippen LogP contribution in [-0.2, 0) is 16.0 Å². The van der Waals surface area contributed by atoms with Crippen LogP contribution in [0.1, 0.15) is 15.9 Å². The van der Waals surface area contributed by atoms with Crippen molar-refractivity contribution in [3.05, 3.63) is 65.5 Å². The first kappa shape index (κ1) is 18.0. The standard InChI is InChI=1S/C18H18FNO3S/c1-24-15-8-6-14(7-9-15)18(22)23-12-17(21)20-11-10-13-4-2-3-5-16(13)19/h2-9H,10-12H2,1H3,(H,20,21). The molecule has 1 N–H and O–H groups in total. The summed E-state index contributed by atoms with van der Waals surface area (Å²) >= 11 is 1.57. The number of thioether (sulfide) groups is 1. The van der Waals surface area contributed by atoms with E-state index >= 15 is 0 Å². The highest BCUT2D eigenvalue weighted by atomic mass is 32.2. The van der Waals surface area contributed by atoms with E-state index in [1.807, 2.05) is 18.4 Å². The molecule has 2 aromatic carbocycles. The summed E-state index contributed by atoms with van der Waals surface area (Å²) in [6.07, 6.45) is 2.32. The molecule has 2 rings (SSSR count). The Labute approximate surface area is 144 Å². The van der Waals surface area contributed by atoms with Gasteiger partial charge in [0.05, 0.1) is 5.56 Å². The number of halogens is 1. The maximum atomic E-state index is 13.4. The number of nitrogens with one attached hydrogen (secondary N) is 1. The number of rotatable bonds is 7. The molecule has 6 heteroatoms. The van der Waals surface area contributed by atoms with Crippen molar-refractivity contribution < 1.29 is 18.7 Å². The molecule has 4 nitrogen and oxygen atoms in total. The number of ether oxygens (including phenoxy) is 1. The van der Waals surface area contributed by atoms with E-state index in [1.54, 1.807) is 42.1 Å². The van der Waals surface area contributed by atoms with Crippen molar-refractivity contribution in [1.29, 1.82) is 0 Å². The van der Waals surface area contributed by atoms with Crippen LogP contribution in [-0.4, -0.2) is 31.3 Å². The van der Waals surface area contributed by atoms with Gasteiger partial charge in [0.2, 0.25) is 0 Å². The third-order valence-electron chi connectivity index (χ3n) is 3.33. The minimum Gasteiger partial charge on any atom is -0.452 e. The van der Waals surface area contributed by atoms with Crippen LogP contribution in [0.4, 0.5) is 4.39 Å². The van der Waals surface area contributed by atoms with Crippen LogP contribution in [0.15, 0.2) is 53.4 Å². The van der Waals surface area contributed by atoms with Crippen molar-refractivity contribution in [2.24, 2.45) is 0 Å². The fraction of sp³-hybridized carbons (Fsp3) is 0.222. The molecule has 0 spiro atoms. The summed E-state index contributed by atoms with van der Waals surface area (Å²) < 4.78 is 18.4. The highest BCUT2D eigenvalue weighted by Crippen LogP contribution is 2.15. The molecule has 0 radical (unpaired) electrons. The smallest absolute Gasteiger partial charge is 0.338 e. The number of amides is 1. The number of hydrogen-bond donors (Lipinski definition) is 1. The third kappa shape index (κ3) is 5.38. The molecular weight excluding hydrogens is 329 g/mol. The molecule has 0 aliphatic carbocycles. The predicted molar refractivity (Wildman–Crippen MR) is 91.6 cm³/mol. The zero-order chi connectivity index (χ0) is 17.4. The van der Waals surface area contributed by atoms with Gasteiger partial charge in [-0.1, -0.05) is 18.2 Å². The largest absolute Gasteiger partial charge is 0.452 e. The van der Waals surface area contributed by atoms with Gasteiger partial charge >= 0.3 is 5.97 Å². The zero-order valence-electron chi connectivity index (χ0n) is 13.3. The summed E-state index contributed by atoms with van der Waals surface area (Å²) in [6, 6.07) is 13.3. The topological polar surface area (TPSA) is 55.4 Å². The fourth-order valence-corrected chi connectivity index (χ4v) is 2.44. The first-order valence-corrected chi connectivity index (χ1v) is 8.64. The van der Waals surface area contributed by atoms with Crippen LogP contribution in [0, 0.1) is 5.82 Å². The van der Waals surface area contributed by atoms with Gasteiger partial charge in [-0.3, -0.25) is 4.79 Å². The van der Waals surface area contributed by atoms with E-state index in [0.29, 0.717) is 17.5 Å². The Balaban J connectivity index is 1.72. The van der Waals surface area contributed by atoms with Crippen molar-refractivity contribution in [3.63, 3.8) is 0 Å². The average Bonchev–Trinajstić information content (AvgIpc) is 2.61. The van der Waals surface area contributed by atoms with Gasteiger partial charge in [0, 0.05) is 11.4 Å².